The average Bonchev–Trinajstić information content (AvgIpc) is 3.17. The molecule has 4 aliphatic rings. The van der Waals surface area contributed by atoms with Crippen molar-refractivity contribution in [3.8, 4) is 0 Å². The van der Waals surface area contributed by atoms with Crippen LogP contribution in [-0.4, -0.2) is 86.5 Å². The molecule has 0 aromatic heterocycles. The first-order valence-corrected chi connectivity index (χ1v) is 14.2. The van der Waals surface area contributed by atoms with Gasteiger partial charge in [0.25, 0.3) is 5.91 Å². The lowest BCUT2D eigenvalue weighted by molar-refractivity contribution is -0.181. The van der Waals surface area contributed by atoms with Crippen molar-refractivity contribution in [2.75, 3.05) is 19.8 Å². The predicted octanol–water partition coefficient (Wildman–Crippen LogP) is 1.17. The molecule has 1 amide bonds. The summed E-state index contributed by atoms with van der Waals surface area (Å²) in [4.78, 5) is 41.1. The van der Waals surface area contributed by atoms with E-state index in [1.54, 1.807) is 13.8 Å². The molecule has 0 radical (unpaired) electrons. The molecule has 3 fully saturated rings. The van der Waals surface area contributed by atoms with Crippen molar-refractivity contribution in [3.05, 3.63) is 11.6 Å². The van der Waals surface area contributed by atoms with E-state index in [9.17, 15) is 34.8 Å². The topological polar surface area (TPSA) is 186 Å². The molecule has 3 saturated carbocycles. The molecule has 6 N–H and O–H groups in total. The van der Waals surface area contributed by atoms with Gasteiger partial charge in [0.2, 0.25) is 0 Å². The van der Waals surface area contributed by atoms with Gasteiger partial charge in [0.1, 0.15) is 12.2 Å². The summed E-state index contributed by atoms with van der Waals surface area (Å²) in [5, 5.41) is 57.9. The summed E-state index contributed by atoms with van der Waals surface area (Å²) in [6.45, 7) is 6.07. The summed E-state index contributed by atoms with van der Waals surface area (Å²) < 4.78 is 0. The number of fused-ring (bicyclic) bond motifs is 5. The Kier molecular flexibility index (Phi) is 8.28. The molecule has 0 spiro atoms. The summed E-state index contributed by atoms with van der Waals surface area (Å²) in [6.07, 6.45) is 3.96. The predicted molar refractivity (Wildman–Crippen MR) is 144 cm³/mol. The largest absolute Gasteiger partial charge is 0.479 e. The van der Waals surface area contributed by atoms with Crippen LogP contribution in [0.4, 0.5) is 0 Å². The molecule has 0 aromatic carbocycles. The number of carbonyl (C=O) groups is 3. The highest BCUT2D eigenvalue weighted by atomic mass is 16.6. The maximum absolute atomic E-state index is 12.6. The van der Waals surface area contributed by atoms with Crippen molar-refractivity contribution in [1.29, 1.82) is 0 Å². The summed E-state index contributed by atoms with van der Waals surface area (Å²) in [5.74, 6) is -2.18. The first-order chi connectivity index (χ1) is 18.6. The number of oxime groups is 1. The molecule has 40 heavy (non-hydrogen) atoms. The molecule has 4 aliphatic carbocycles. The molecule has 0 saturated heterocycles. The Bertz CT molecular complexity index is 1100. The molecule has 11 nitrogen and oxygen atoms in total. The number of nitrogens with one attached hydrogen (secondary N) is 1. The third kappa shape index (κ3) is 4.99. The maximum atomic E-state index is 12.6. The van der Waals surface area contributed by atoms with Crippen LogP contribution < -0.4 is 5.32 Å². The summed E-state index contributed by atoms with van der Waals surface area (Å²) in [5.41, 5.74) is -1.83. The second-order valence-corrected chi connectivity index (χ2v) is 13.5. The van der Waals surface area contributed by atoms with Gasteiger partial charge in [0.15, 0.2) is 18.5 Å². The Hall–Kier alpha value is -2.34. The molecule has 4 rings (SSSR count). The summed E-state index contributed by atoms with van der Waals surface area (Å²) >= 11 is 0. The van der Waals surface area contributed by atoms with Gasteiger partial charge in [-0.25, -0.2) is 4.79 Å². The highest BCUT2D eigenvalue weighted by molar-refractivity contribution is 5.96. The molecule has 5 unspecified atom stereocenters. The van der Waals surface area contributed by atoms with Crippen LogP contribution in [0.5, 0.6) is 0 Å². The van der Waals surface area contributed by atoms with Gasteiger partial charge in [0.05, 0.1) is 11.8 Å². The summed E-state index contributed by atoms with van der Waals surface area (Å²) in [7, 11) is 0. The molecule has 8 atom stereocenters. The van der Waals surface area contributed by atoms with Crippen molar-refractivity contribution >= 4 is 23.4 Å². The normalized spacial score (nSPS) is 38.9. The Balaban J connectivity index is 1.41. The van der Waals surface area contributed by atoms with Crippen LogP contribution in [0.15, 0.2) is 16.8 Å². The van der Waals surface area contributed by atoms with Crippen LogP contribution in [0, 0.1) is 34.0 Å². The number of carboxylic acids is 1. The number of allylic oxidation sites excluding steroid dienone is 2. The lowest BCUT2D eigenvalue weighted by Gasteiger charge is -2.60. The fraction of sp³-hybridized carbons (Fsp3) is 0.793. The van der Waals surface area contributed by atoms with E-state index in [4.69, 9.17) is 9.94 Å². The third-order valence-electron chi connectivity index (χ3n) is 10.8. The van der Waals surface area contributed by atoms with Crippen molar-refractivity contribution in [3.63, 3.8) is 0 Å². The van der Waals surface area contributed by atoms with E-state index in [1.807, 2.05) is 13.0 Å². The zero-order valence-corrected chi connectivity index (χ0v) is 23.9. The fourth-order valence-corrected chi connectivity index (χ4v) is 8.35. The molecule has 224 valence electrons. The second kappa shape index (κ2) is 10.8. The van der Waals surface area contributed by atoms with Gasteiger partial charge in [-0.2, -0.15) is 0 Å². The van der Waals surface area contributed by atoms with E-state index in [-0.39, 0.29) is 36.3 Å². The van der Waals surface area contributed by atoms with Gasteiger partial charge in [-0.15, -0.1) is 0 Å². The molecular formula is C29H44N2O9. The van der Waals surface area contributed by atoms with Crippen LogP contribution in [0.2, 0.25) is 0 Å². The van der Waals surface area contributed by atoms with E-state index in [2.05, 4.69) is 17.4 Å². The highest BCUT2D eigenvalue weighted by Crippen LogP contribution is 2.67. The first kappa shape index (κ1) is 30.6. The lowest BCUT2D eigenvalue weighted by Crippen LogP contribution is -2.62. The molecule has 11 heteroatoms. The number of hydrogen-bond acceptors (Lipinski definition) is 9. The van der Waals surface area contributed by atoms with E-state index in [0.717, 1.165) is 19.3 Å². The summed E-state index contributed by atoms with van der Waals surface area (Å²) in [6, 6.07) is 0. The monoisotopic (exact) mass is 564 g/mol. The van der Waals surface area contributed by atoms with Crippen molar-refractivity contribution in [2.24, 2.45) is 39.2 Å². The quantitative estimate of drug-likeness (QED) is 0.224. The number of aliphatic hydroxyl groups is 4. The van der Waals surface area contributed by atoms with Gasteiger partial charge in [0, 0.05) is 17.4 Å². The minimum atomic E-state index is -1.62. The fourth-order valence-electron chi connectivity index (χ4n) is 8.35. The van der Waals surface area contributed by atoms with E-state index in [0.29, 0.717) is 31.4 Å². The SMILES string of the molecule is CC(C)(CNC(=O)CON=C1C=C2CCC3C(C(O)C[C@@]4(C)C3CC[C@]4(O)C(=O)CO)[C@@]2(C)CC1)C(O)C(=O)O. The number of carboxylic acid groups (broad SMARTS) is 1. The number of aliphatic carboxylic acids is 1. The smallest absolute Gasteiger partial charge is 0.333 e. The lowest BCUT2D eigenvalue weighted by atomic mass is 9.45. The van der Waals surface area contributed by atoms with Crippen molar-refractivity contribution in [2.45, 2.75) is 90.4 Å². The molecule has 0 heterocycles. The zero-order chi connectivity index (χ0) is 29.7. The van der Waals surface area contributed by atoms with Crippen molar-refractivity contribution < 1.29 is 44.8 Å². The number of aliphatic hydroxyl groups excluding tert-OH is 3. The van der Waals surface area contributed by atoms with E-state index >= 15 is 0 Å². The number of hydrogen-bond donors (Lipinski definition) is 6. The first-order valence-electron chi connectivity index (χ1n) is 14.2. The Morgan fingerprint density at radius 1 is 1.20 bits per heavy atom. The molecule has 0 aliphatic heterocycles. The molecular weight excluding hydrogens is 520 g/mol. The molecule has 0 aromatic rings. The Labute approximate surface area is 234 Å². The van der Waals surface area contributed by atoms with Crippen molar-refractivity contribution in [1.82, 2.24) is 5.32 Å². The minimum Gasteiger partial charge on any atom is -0.479 e. The second-order valence-electron chi connectivity index (χ2n) is 13.5. The Morgan fingerprint density at radius 2 is 1.90 bits per heavy atom. The van der Waals surface area contributed by atoms with Gasteiger partial charge >= 0.3 is 5.97 Å². The van der Waals surface area contributed by atoms with Gasteiger partial charge < -0.3 is 35.7 Å². The number of Topliss-reactive ketones (excluding diaryl/α,β-unsaturated/α-hetero) is 1. The molecule has 0 bridgehead atoms. The zero-order valence-electron chi connectivity index (χ0n) is 23.9. The number of nitrogens with zero attached hydrogens (tertiary/aromatic N) is 1. The van der Waals surface area contributed by atoms with Crippen LogP contribution in [0.25, 0.3) is 0 Å². The Morgan fingerprint density at radius 3 is 2.55 bits per heavy atom. The van der Waals surface area contributed by atoms with Crippen LogP contribution >= 0.6 is 0 Å². The van der Waals surface area contributed by atoms with Gasteiger partial charge in [-0.1, -0.05) is 38.4 Å². The third-order valence-corrected chi connectivity index (χ3v) is 10.8. The number of amides is 1. The minimum absolute atomic E-state index is 0.0186. The number of carbonyl (C=O) groups excluding carboxylic acids is 2. The van der Waals surface area contributed by atoms with E-state index < -0.39 is 52.9 Å². The van der Waals surface area contributed by atoms with Crippen LogP contribution in [0.3, 0.4) is 0 Å². The van der Waals surface area contributed by atoms with Crippen LogP contribution in [-0.2, 0) is 19.2 Å². The maximum Gasteiger partial charge on any atom is 0.333 e. The number of ketones is 1. The van der Waals surface area contributed by atoms with Gasteiger partial charge in [-0.05, 0) is 74.2 Å². The number of rotatable bonds is 9. The van der Waals surface area contributed by atoms with E-state index in [1.165, 1.54) is 5.57 Å². The average molecular weight is 565 g/mol. The highest BCUT2D eigenvalue weighted by Gasteiger charge is 2.68. The van der Waals surface area contributed by atoms with Gasteiger partial charge in [-0.3, -0.25) is 9.59 Å². The standard InChI is InChI=1S/C29H44N2O9/c1-26(2,24(36)25(37)38)15-30-22(35)14-40-31-17-7-9-27(3)16(11-17)5-6-18-19-8-10-29(39,21(34)13-32)28(19,4)12-20(33)23(18)27/h11,18-20,23-24,32-33,36,39H,5-10,12-15H2,1-4H3,(H,30,35)(H,37,38)/t18?,19?,20?,23?,24?,27-,28-,29-/m0/s1. The van der Waals surface area contributed by atoms with Crippen LogP contribution in [0.1, 0.15) is 72.6 Å².